The van der Waals surface area contributed by atoms with Crippen molar-refractivity contribution in [1.29, 1.82) is 0 Å². The molecule has 1 aliphatic rings. The molecule has 0 radical (unpaired) electrons. The molecule has 2 aromatic carbocycles. The highest BCUT2D eigenvalue weighted by Gasteiger charge is 2.67. The van der Waals surface area contributed by atoms with Gasteiger partial charge in [-0.3, -0.25) is 9.59 Å². The highest BCUT2D eigenvalue weighted by Crippen LogP contribution is 2.65. The van der Waals surface area contributed by atoms with Gasteiger partial charge in [-0.15, -0.1) is 23.2 Å². The quantitative estimate of drug-likeness (QED) is 0.360. The zero-order valence-electron chi connectivity index (χ0n) is 16.6. The Balaban J connectivity index is 1.50. The summed E-state index contributed by atoms with van der Waals surface area (Å²) in [7, 11) is 0. The molecular weight excluding hydrogens is 513 g/mol. The van der Waals surface area contributed by atoms with Gasteiger partial charge in [-0.1, -0.05) is 35.3 Å². The number of nitrogens with zero attached hydrogens (tertiary/aromatic N) is 1. The summed E-state index contributed by atoms with van der Waals surface area (Å²) in [6.07, 6.45) is 0. The van der Waals surface area contributed by atoms with Gasteiger partial charge in [0.05, 0.1) is 21.5 Å². The second-order valence-corrected chi connectivity index (χ2v) is 9.65. The number of nitrogen functional groups attached to an aromatic ring is 1. The summed E-state index contributed by atoms with van der Waals surface area (Å²) in [6, 6.07) is 13.3. The molecule has 1 saturated carbocycles. The molecule has 2 unspecified atom stereocenters. The number of rotatable bonds is 5. The van der Waals surface area contributed by atoms with Crippen LogP contribution in [0.15, 0.2) is 54.6 Å². The maximum absolute atomic E-state index is 13.5. The summed E-state index contributed by atoms with van der Waals surface area (Å²) >= 11 is 24.7. The fraction of sp³-hybridized carbons (Fsp3) is 0.136. The molecule has 1 aromatic heterocycles. The van der Waals surface area contributed by atoms with Gasteiger partial charge in [-0.25, -0.2) is 9.37 Å². The number of pyridine rings is 1. The number of halogens is 5. The molecule has 0 spiro atoms. The minimum atomic E-state index is -1.39. The number of hydrogen-bond acceptors (Lipinski definition) is 4. The van der Waals surface area contributed by atoms with Crippen molar-refractivity contribution in [3.05, 3.63) is 81.6 Å². The topological polar surface area (TPSA) is 97.1 Å². The van der Waals surface area contributed by atoms with E-state index >= 15 is 0 Å². The number of carbonyl (C=O) groups is 2. The van der Waals surface area contributed by atoms with Gasteiger partial charge in [0.2, 0.25) is 5.91 Å². The largest absolute Gasteiger partial charge is 0.384 e. The molecule has 4 N–H and O–H groups in total. The SMILES string of the molecule is Nc1cccc(NC(=O)c2cc(NC(=O)C3C(c4ccc(F)c(Cl)c4)C3(Cl)Cl)ccc2Cl)n1. The van der Waals surface area contributed by atoms with E-state index in [1.54, 1.807) is 18.2 Å². The molecule has 4 rings (SSSR count). The lowest BCUT2D eigenvalue weighted by atomic mass is 10.1. The van der Waals surface area contributed by atoms with Gasteiger partial charge in [-0.05, 0) is 48.0 Å². The zero-order valence-corrected chi connectivity index (χ0v) is 19.6. The van der Waals surface area contributed by atoms with Crippen LogP contribution in [0.1, 0.15) is 21.8 Å². The van der Waals surface area contributed by atoms with Crippen LogP contribution >= 0.6 is 46.4 Å². The Morgan fingerprint density at radius 3 is 2.45 bits per heavy atom. The van der Waals surface area contributed by atoms with Gasteiger partial charge in [0.15, 0.2) is 0 Å². The molecule has 2 atom stereocenters. The Kier molecular flexibility index (Phi) is 6.42. The maximum Gasteiger partial charge on any atom is 0.258 e. The lowest BCUT2D eigenvalue weighted by Gasteiger charge is -2.10. The van der Waals surface area contributed by atoms with Crippen molar-refractivity contribution in [2.45, 2.75) is 10.3 Å². The molecule has 170 valence electrons. The van der Waals surface area contributed by atoms with Crippen molar-refractivity contribution in [2.24, 2.45) is 5.92 Å². The first-order valence-corrected chi connectivity index (χ1v) is 11.1. The van der Waals surface area contributed by atoms with Crippen molar-refractivity contribution < 1.29 is 14.0 Å². The molecule has 0 aliphatic heterocycles. The predicted octanol–water partition coefficient (Wildman–Crippen LogP) is 5.89. The third-order valence-electron chi connectivity index (χ3n) is 5.13. The summed E-state index contributed by atoms with van der Waals surface area (Å²) in [5, 5.41) is 5.36. The number of amides is 2. The Bertz CT molecular complexity index is 1270. The van der Waals surface area contributed by atoms with Crippen molar-refractivity contribution in [1.82, 2.24) is 4.98 Å². The predicted molar refractivity (Wildman–Crippen MR) is 129 cm³/mol. The molecule has 1 fully saturated rings. The van der Waals surface area contributed by atoms with Gasteiger partial charge in [0, 0.05) is 11.6 Å². The first-order chi connectivity index (χ1) is 15.6. The maximum atomic E-state index is 13.5. The Morgan fingerprint density at radius 1 is 1.00 bits per heavy atom. The van der Waals surface area contributed by atoms with Crippen molar-refractivity contribution >= 4 is 75.5 Å². The van der Waals surface area contributed by atoms with E-state index in [9.17, 15) is 14.0 Å². The third-order valence-corrected chi connectivity index (χ3v) is 6.69. The Labute approximate surface area is 208 Å². The number of nitrogens with two attached hydrogens (primary N) is 1. The normalized spacial score (nSPS) is 18.5. The number of hydrogen-bond donors (Lipinski definition) is 3. The first-order valence-electron chi connectivity index (χ1n) is 9.55. The molecule has 33 heavy (non-hydrogen) atoms. The van der Waals surface area contributed by atoms with Crippen LogP contribution in [0, 0.1) is 11.7 Å². The van der Waals surface area contributed by atoms with E-state index in [1.807, 2.05) is 0 Å². The molecule has 11 heteroatoms. The molecule has 3 aromatic rings. The van der Waals surface area contributed by atoms with Crippen LogP contribution in [0.25, 0.3) is 0 Å². The van der Waals surface area contributed by atoms with Gasteiger partial charge in [-0.2, -0.15) is 0 Å². The number of alkyl halides is 2. The van der Waals surface area contributed by atoms with Gasteiger partial charge >= 0.3 is 0 Å². The van der Waals surface area contributed by atoms with E-state index in [2.05, 4.69) is 15.6 Å². The standard InChI is InChI=1S/C22H15Cl4FN4O2/c23-13-6-5-11(9-12(13)20(32)31-17-3-1-2-16(28)30-17)29-21(33)19-18(22(19,25)26)10-4-7-15(27)14(24)8-10/h1-9,18-19H,(H,29,33)(H3,28,30,31,32). The number of anilines is 3. The van der Waals surface area contributed by atoms with Gasteiger partial charge < -0.3 is 16.4 Å². The average molecular weight is 528 g/mol. The summed E-state index contributed by atoms with van der Waals surface area (Å²) < 4.78 is 12.1. The summed E-state index contributed by atoms with van der Waals surface area (Å²) in [4.78, 5) is 29.5. The van der Waals surface area contributed by atoms with Crippen LogP contribution in [0.3, 0.4) is 0 Å². The van der Waals surface area contributed by atoms with Crippen LogP contribution in [-0.4, -0.2) is 21.1 Å². The van der Waals surface area contributed by atoms with E-state index in [0.717, 1.165) is 0 Å². The smallest absolute Gasteiger partial charge is 0.258 e. The number of carbonyl (C=O) groups excluding carboxylic acids is 2. The lowest BCUT2D eigenvalue weighted by Crippen LogP contribution is -2.18. The molecule has 1 aliphatic carbocycles. The molecule has 1 heterocycles. The van der Waals surface area contributed by atoms with Crippen LogP contribution in [-0.2, 0) is 4.79 Å². The average Bonchev–Trinajstić information content (AvgIpc) is 3.33. The highest BCUT2D eigenvalue weighted by molar-refractivity contribution is 6.53. The van der Waals surface area contributed by atoms with E-state index < -0.39 is 33.8 Å². The molecule has 0 bridgehead atoms. The van der Waals surface area contributed by atoms with Crippen LogP contribution < -0.4 is 16.4 Å². The fourth-order valence-electron chi connectivity index (χ4n) is 3.48. The third kappa shape index (κ3) is 4.87. The minimum Gasteiger partial charge on any atom is -0.384 e. The molecule has 6 nitrogen and oxygen atoms in total. The number of benzene rings is 2. The monoisotopic (exact) mass is 526 g/mol. The summed E-state index contributed by atoms with van der Waals surface area (Å²) in [5.74, 6) is -2.50. The van der Waals surface area contributed by atoms with Crippen LogP contribution in [0.5, 0.6) is 0 Å². The summed E-state index contributed by atoms with van der Waals surface area (Å²) in [5.41, 5.74) is 6.58. The van der Waals surface area contributed by atoms with Gasteiger partial charge in [0.1, 0.15) is 21.8 Å². The van der Waals surface area contributed by atoms with E-state index in [0.29, 0.717) is 11.3 Å². The highest BCUT2D eigenvalue weighted by atomic mass is 35.5. The Hall–Kier alpha value is -2.58. The summed E-state index contributed by atoms with van der Waals surface area (Å²) in [6.45, 7) is 0. The second kappa shape index (κ2) is 8.99. The minimum absolute atomic E-state index is 0.0919. The van der Waals surface area contributed by atoms with E-state index in [4.69, 9.17) is 52.1 Å². The fourth-order valence-corrected chi connectivity index (χ4v) is 4.70. The zero-order chi connectivity index (χ0) is 23.9. The van der Waals surface area contributed by atoms with Crippen molar-refractivity contribution in [2.75, 3.05) is 16.4 Å². The molecule has 0 saturated heterocycles. The lowest BCUT2D eigenvalue weighted by molar-refractivity contribution is -0.117. The molecule has 2 amide bonds. The van der Waals surface area contributed by atoms with E-state index in [-0.39, 0.29) is 27.2 Å². The number of aromatic nitrogens is 1. The van der Waals surface area contributed by atoms with Crippen molar-refractivity contribution in [3.63, 3.8) is 0 Å². The Morgan fingerprint density at radius 2 is 1.76 bits per heavy atom. The van der Waals surface area contributed by atoms with Gasteiger partial charge in [0.25, 0.3) is 5.91 Å². The van der Waals surface area contributed by atoms with E-state index in [1.165, 1.54) is 36.4 Å². The second-order valence-electron chi connectivity index (χ2n) is 7.39. The molecular formula is C22H15Cl4FN4O2. The van der Waals surface area contributed by atoms with Crippen molar-refractivity contribution in [3.8, 4) is 0 Å². The number of nitrogens with one attached hydrogen (secondary N) is 2. The van der Waals surface area contributed by atoms with Crippen LogP contribution in [0.4, 0.5) is 21.7 Å². The first kappa shape index (κ1) is 23.6. The van der Waals surface area contributed by atoms with Crippen LogP contribution in [0.2, 0.25) is 10.0 Å².